The highest BCUT2D eigenvalue weighted by atomic mass is 32.2. The fourth-order valence-corrected chi connectivity index (χ4v) is 4.59. The molecule has 0 N–H and O–H groups in total. The van der Waals surface area contributed by atoms with E-state index in [0.29, 0.717) is 39.9 Å². The van der Waals surface area contributed by atoms with Crippen LogP contribution in [0.4, 0.5) is 5.69 Å². The van der Waals surface area contributed by atoms with Crippen molar-refractivity contribution in [2.45, 2.75) is 18.6 Å². The number of nitrogens with zero attached hydrogens (tertiary/aromatic N) is 3. The van der Waals surface area contributed by atoms with Gasteiger partial charge in [-0.25, -0.2) is 4.98 Å². The van der Waals surface area contributed by atoms with Crippen molar-refractivity contribution < 1.29 is 18.7 Å². The van der Waals surface area contributed by atoms with Gasteiger partial charge < -0.3 is 18.8 Å². The van der Waals surface area contributed by atoms with Crippen molar-refractivity contribution in [3.8, 4) is 11.5 Å². The molecule has 1 aliphatic heterocycles. The number of furan rings is 1. The molecule has 0 saturated heterocycles. The van der Waals surface area contributed by atoms with Crippen molar-refractivity contribution in [3.05, 3.63) is 77.0 Å². The van der Waals surface area contributed by atoms with Crippen LogP contribution in [0.2, 0.25) is 0 Å². The summed E-state index contributed by atoms with van der Waals surface area (Å²) in [5.41, 5.74) is 1.09. The van der Waals surface area contributed by atoms with Crippen LogP contribution < -0.4 is 19.9 Å². The van der Waals surface area contributed by atoms with Gasteiger partial charge in [0.05, 0.1) is 29.5 Å². The summed E-state index contributed by atoms with van der Waals surface area (Å²) >= 11 is 1.22. The number of para-hydroxylation sites is 1. The maximum Gasteiger partial charge on any atom is 0.262 e. The summed E-state index contributed by atoms with van der Waals surface area (Å²) in [6.45, 7) is 2.78. The van der Waals surface area contributed by atoms with E-state index in [4.69, 9.17) is 18.9 Å². The Balaban J connectivity index is 1.49. The summed E-state index contributed by atoms with van der Waals surface area (Å²) in [5, 5.41) is 0.848. The van der Waals surface area contributed by atoms with E-state index in [1.165, 1.54) is 16.3 Å². The highest BCUT2D eigenvalue weighted by molar-refractivity contribution is 7.99. The van der Waals surface area contributed by atoms with Gasteiger partial charge in [-0.3, -0.25) is 14.2 Å². The molecule has 9 heteroatoms. The Kier molecular flexibility index (Phi) is 5.78. The van der Waals surface area contributed by atoms with Gasteiger partial charge in [-0.15, -0.1) is 0 Å². The van der Waals surface area contributed by atoms with Gasteiger partial charge in [0.1, 0.15) is 5.76 Å². The summed E-state index contributed by atoms with van der Waals surface area (Å²) in [6, 6.07) is 16.4. The zero-order chi connectivity index (χ0) is 22.8. The monoisotopic (exact) mass is 463 g/mol. The standard InChI is InChI=1S/C24H21N3O5S/c1-2-26(16-7-4-3-5-8-16)22(28)14-33-24-25-19-12-21-20(31-15-32-21)11-18(19)23(29)27(24)13-17-9-6-10-30-17/h3-12H,2,13-15H2,1H3. The molecular formula is C24H21N3O5S. The fraction of sp³-hybridized carbons (Fsp3) is 0.208. The Hall–Kier alpha value is -3.72. The Bertz CT molecular complexity index is 1350. The van der Waals surface area contributed by atoms with Gasteiger partial charge in [0, 0.05) is 18.3 Å². The van der Waals surface area contributed by atoms with E-state index in [2.05, 4.69) is 0 Å². The molecule has 2 aromatic heterocycles. The highest BCUT2D eigenvalue weighted by Crippen LogP contribution is 2.35. The van der Waals surface area contributed by atoms with Crippen molar-refractivity contribution in [1.82, 2.24) is 9.55 Å². The third kappa shape index (κ3) is 4.19. The molecule has 0 spiro atoms. The number of thioether (sulfide) groups is 1. The van der Waals surface area contributed by atoms with Crippen molar-refractivity contribution in [2.24, 2.45) is 0 Å². The first-order valence-corrected chi connectivity index (χ1v) is 11.5. The van der Waals surface area contributed by atoms with Gasteiger partial charge in [-0.2, -0.15) is 0 Å². The number of hydrogen-bond donors (Lipinski definition) is 0. The van der Waals surface area contributed by atoms with E-state index in [1.807, 2.05) is 37.3 Å². The minimum atomic E-state index is -0.236. The highest BCUT2D eigenvalue weighted by Gasteiger charge is 2.21. The third-order valence-electron chi connectivity index (χ3n) is 5.32. The quantitative estimate of drug-likeness (QED) is 0.303. The normalized spacial score (nSPS) is 12.3. The lowest BCUT2D eigenvalue weighted by molar-refractivity contribution is -0.116. The second-order valence-corrected chi connectivity index (χ2v) is 8.29. The largest absolute Gasteiger partial charge is 0.467 e. The number of rotatable bonds is 7. The predicted octanol–water partition coefficient (Wildman–Crippen LogP) is 3.91. The molecule has 0 saturated carbocycles. The number of hydrogen-bond acceptors (Lipinski definition) is 7. The van der Waals surface area contributed by atoms with Crippen LogP contribution in [0.3, 0.4) is 0 Å². The van der Waals surface area contributed by atoms with Crippen LogP contribution in [0.5, 0.6) is 11.5 Å². The molecular weight excluding hydrogens is 442 g/mol. The van der Waals surface area contributed by atoms with Crippen molar-refractivity contribution in [1.29, 1.82) is 0 Å². The number of anilines is 1. The van der Waals surface area contributed by atoms with Crippen molar-refractivity contribution >= 4 is 34.3 Å². The number of aromatic nitrogens is 2. The number of carbonyl (C=O) groups excluding carboxylic acids is 1. The average Bonchev–Trinajstić information content (AvgIpc) is 3.51. The molecule has 1 amide bonds. The first-order chi connectivity index (χ1) is 16.1. The van der Waals surface area contributed by atoms with Crippen molar-refractivity contribution in [2.75, 3.05) is 24.0 Å². The minimum Gasteiger partial charge on any atom is -0.467 e. The number of amides is 1. The Labute approximate surface area is 193 Å². The first kappa shape index (κ1) is 21.1. The summed E-state index contributed by atoms with van der Waals surface area (Å²) in [4.78, 5) is 32.8. The molecule has 168 valence electrons. The molecule has 0 aliphatic carbocycles. The van der Waals surface area contributed by atoms with E-state index in [-0.39, 0.29) is 30.6 Å². The molecule has 2 aromatic carbocycles. The SMILES string of the molecule is CCN(C(=O)CSc1nc2cc3c(cc2c(=O)n1Cc1ccco1)OCO3)c1ccccc1. The molecule has 0 bridgehead atoms. The van der Waals surface area contributed by atoms with Crippen LogP contribution in [0.1, 0.15) is 12.7 Å². The van der Waals surface area contributed by atoms with E-state index >= 15 is 0 Å². The van der Waals surface area contributed by atoms with Crippen molar-refractivity contribution in [3.63, 3.8) is 0 Å². The van der Waals surface area contributed by atoms with Crippen LogP contribution in [-0.4, -0.2) is 34.5 Å². The van der Waals surface area contributed by atoms with Crippen LogP contribution in [0.15, 0.2) is 75.2 Å². The van der Waals surface area contributed by atoms with E-state index in [9.17, 15) is 9.59 Å². The summed E-state index contributed by atoms with van der Waals surface area (Å²) in [7, 11) is 0. The Morgan fingerprint density at radius 1 is 1.12 bits per heavy atom. The number of ether oxygens (including phenoxy) is 2. The zero-order valence-corrected chi connectivity index (χ0v) is 18.7. The lowest BCUT2D eigenvalue weighted by Gasteiger charge is -2.21. The van der Waals surface area contributed by atoms with Gasteiger partial charge in [-0.1, -0.05) is 30.0 Å². The third-order valence-corrected chi connectivity index (χ3v) is 6.28. The van der Waals surface area contributed by atoms with Crippen LogP contribution in [0.25, 0.3) is 10.9 Å². The topological polar surface area (TPSA) is 86.8 Å². The van der Waals surface area contributed by atoms with E-state index in [1.54, 1.807) is 35.4 Å². The molecule has 3 heterocycles. The second kappa shape index (κ2) is 9.03. The summed E-state index contributed by atoms with van der Waals surface area (Å²) in [6.07, 6.45) is 1.56. The number of carbonyl (C=O) groups is 1. The van der Waals surface area contributed by atoms with Gasteiger partial charge in [0.25, 0.3) is 5.56 Å². The zero-order valence-electron chi connectivity index (χ0n) is 17.9. The molecule has 0 fully saturated rings. The molecule has 33 heavy (non-hydrogen) atoms. The molecule has 1 aliphatic rings. The van der Waals surface area contributed by atoms with E-state index < -0.39 is 0 Å². The number of benzene rings is 2. The molecule has 0 atom stereocenters. The summed E-state index contributed by atoms with van der Waals surface area (Å²) in [5.74, 6) is 1.74. The molecule has 4 aromatic rings. The van der Waals surface area contributed by atoms with Gasteiger partial charge >= 0.3 is 0 Å². The van der Waals surface area contributed by atoms with E-state index in [0.717, 1.165) is 5.69 Å². The van der Waals surface area contributed by atoms with Gasteiger partial charge in [0.15, 0.2) is 16.7 Å². The lowest BCUT2D eigenvalue weighted by Crippen LogP contribution is -2.32. The maximum absolute atomic E-state index is 13.4. The summed E-state index contributed by atoms with van der Waals surface area (Å²) < 4.78 is 17.9. The maximum atomic E-state index is 13.4. The smallest absolute Gasteiger partial charge is 0.262 e. The molecule has 8 nitrogen and oxygen atoms in total. The molecule has 5 rings (SSSR count). The predicted molar refractivity (Wildman–Crippen MR) is 125 cm³/mol. The van der Waals surface area contributed by atoms with Crippen LogP contribution in [0, 0.1) is 0 Å². The fourth-order valence-electron chi connectivity index (χ4n) is 3.71. The molecule has 0 unspecified atom stereocenters. The average molecular weight is 464 g/mol. The Morgan fingerprint density at radius 3 is 2.64 bits per heavy atom. The Morgan fingerprint density at radius 2 is 1.91 bits per heavy atom. The van der Waals surface area contributed by atoms with Crippen LogP contribution >= 0.6 is 11.8 Å². The second-order valence-electron chi connectivity index (χ2n) is 7.35. The van der Waals surface area contributed by atoms with Gasteiger partial charge in [-0.05, 0) is 37.3 Å². The number of fused-ring (bicyclic) bond motifs is 2. The first-order valence-electron chi connectivity index (χ1n) is 10.5. The lowest BCUT2D eigenvalue weighted by atomic mass is 10.2. The molecule has 0 radical (unpaired) electrons. The minimum absolute atomic E-state index is 0.0710. The van der Waals surface area contributed by atoms with Crippen LogP contribution in [-0.2, 0) is 11.3 Å². The van der Waals surface area contributed by atoms with Gasteiger partial charge in [0.2, 0.25) is 12.7 Å².